The van der Waals surface area contributed by atoms with Gasteiger partial charge in [0.05, 0.1) is 5.69 Å². The summed E-state index contributed by atoms with van der Waals surface area (Å²) in [5.41, 5.74) is 4.07. The Balaban J connectivity index is 1.97. The van der Waals surface area contributed by atoms with E-state index in [0.717, 1.165) is 29.1 Å². The lowest BCUT2D eigenvalue weighted by atomic mass is 9.83. The van der Waals surface area contributed by atoms with E-state index in [1.807, 2.05) is 39.8 Å². The number of amides is 1. The van der Waals surface area contributed by atoms with Crippen LogP contribution in [0.4, 0.5) is 8.78 Å². The van der Waals surface area contributed by atoms with Crippen molar-refractivity contribution in [2.75, 3.05) is 0 Å². The summed E-state index contributed by atoms with van der Waals surface area (Å²) in [5, 5.41) is 3.00. The number of fused-ring (bicyclic) bond motifs is 1. The Morgan fingerprint density at radius 3 is 2.45 bits per heavy atom. The Hall–Kier alpha value is -1.98. The predicted molar refractivity (Wildman–Crippen MR) is 112 cm³/mol. The zero-order valence-corrected chi connectivity index (χ0v) is 18.4. The third-order valence-corrected chi connectivity index (χ3v) is 5.65. The Bertz CT molecular complexity index is 899. The second-order valence-electron chi connectivity index (χ2n) is 9.89. The second kappa shape index (κ2) is 7.69. The molecule has 29 heavy (non-hydrogen) atoms. The van der Waals surface area contributed by atoms with Crippen LogP contribution in [0.5, 0.6) is 0 Å². The average Bonchev–Trinajstić information content (AvgIpc) is 2.94. The number of nitrogens with one attached hydrogen (secondary N) is 1. The molecular formula is C23H33F2N3O. The van der Waals surface area contributed by atoms with E-state index in [9.17, 15) is 13.6 Å². The molecule has 1 saturated carbocycles. The lowest BCUT2D eigenvalue weighted by Gasteiger charge is -2.28. The van der Waals surface area contributed by atoms with Crippen LogP contribution >= 0.6 is 0 Å². The molecule has 1 aliphatic carbocycles. The van der Waals surface area contributed by atoms with Crippen molar-refractivity contribution in [2.45, 2.75) is 91.0 Å². The summed E-state index contributed by atoms with van der Waals surface area (Å²) in [7, 11) is 0. The summed E-state index contributed by atoms with van der Waals surface area (Å²) in [6.45, 7) is 12.0. The van der Waals surface area contributed by atoms with E-state index in [2.05, 4.69) is 23.6 Å². The van der Waals surface area contributed by atoms with Crippen molar-refractivity contribution in [1.82, 2.24) is 14.7 Å². The first-order chi connectivity index (χ1) is 13.4. The van der Waals surface area contributed by atoms with Gasteiger partial charge in [-0.2, -0.15) is 0 Å². The zero-order chi connectivity index (χ0) is 21.6. The first kappa shape index (κ1) is 21.7. The van der Waals surface area contributed by atoms with E-state index in [1.54, 1.807) is 0 Å². The van der Waals surface area contributed by atoms with Gasteiger partial charge in [0.2, 0.25) is 5.92 Å². The maximum Gasteiger partial charge on any atom is 0.251 e. The summed E-state index contributed by atoms with van der Waals surface area (Å²) >= 11 is 0. The fraction of sp³-hybridized carbons (Fsp3) is 0.652. The maximum absolute atomic E-state index is 13.6. The molecule has 0 bridgehead atoms. The summed E-state index contributed by atoms with van der Waals surface area (Å²) in [5.74, 6) is -2.16. The van der Waals surface area contributed by atoms with Gasteiger partial charge >= 0.3 is 0 Å². The molecule has 0 aliphatic heterocycles. The van der Waals surface area contributed by atoms with Gasteiger partial charge in [-0.25, -0.2) is 13.8 Å². The Morgan fingerprint density at radius 2 is 1.90 bits per heavy atom. The summed E-state index contributed by atoms with van der Waals surface area (Å²) in [6, 6.07) is 3.72. The molecule has 0 unspecified atom stereocenters. The third kappa shape index (κ3) is 4.96. The van der Waals surface area contributed by atoms with Gasteiger partial charge in [0.15, 0.2) is 0 Å². The number of alkyl halides is 2. The van der Waals surface area contributed by atoms with Crippen LogP contribution in [0.15, 0.2) is 12.1 Å². The van der Waals surface area contributed by atoms with Crippen molar-refractivity contribution in [2.24, 2.45) is 5.92 Å². The molecule has 0 radical (unpaired) electrons. The minimum atomic E-state index is -2.51. The normalized spacial score (nSPS) is 17.8. The fourth-order valence-corrected chi connectivity index (χ4v) is 4.23. The standard InChI is InChI=1S/C23H33F2N3O/c1-14(2)20-18(12-16-7-9-23(24,25)10-8-16)28-15(3)11-17(13-19(28)26-20)21(29)27-22(4,5)6/h11,13-14,16H,7-10,12H2,1-6H3,(H,27,29). The highest BCUT2D eigenvalue weighted by Crippen LogP contribution is 2.38. The van der Waals surface area contributed by atoms with Crippen LogP contribution in [-0.4, -0.2) is 26.8 Å². The number of halogens is 2. The lowest BCUT2D eigenvalue weighted by Crippen LogP contribution is -2.40. The molecule has 1 aliphatic rings. The molecule has 3 rings (SSSR count). The molecule has 1 fully saturated rings. The molecular weight excluding hydrogens is 372 g/mol. The van der Waals surface area contributed by atoms with Crippen LogP contribution in [0.25, 0.3) is 5.65 Å². The van der Waals surface area contributed by atoms with Gasteiger partial charge in [-0.1, -0.05) is 13.8 Å². The fourth-order valence-electron chi connectivity index (χ4n) is 4.23. The Labute approximate surface area is 172 Å². The highest BCUT2D eigenvalue weighted by atomic mass is 19.3. The van der Waals surface area contributed by atoms with Crippen molar-refractivity contribution < 1.29 is 13.6 Å². The molecule has 0 spiro atoms. The monoisotopic (exact) mass is 405 g/mol. The quantitative estimate of drug-likeness (QED) is 0.713. The number of aromatic nitrogens is 2. The van der Waals surface area contributed by atoms with Crippen molar-refractivity contribution in [3.8, 4) is 0 Å². The third-order valence-electron chi connectivity index (χ3n) is 5.65. The van der Waals surface area contributed by atoms with Crippen molar-refractivity contribution in [3.05, 3.63) is 34.8 Å². The Kier molecular flexibility index (Phi) is 5.76. The van der Waals surface area contributed by atoms with E-state index in [4.69, 9.17) is 4.98 Å². The van der Waals surface area contributed by atoms with E-state index in [0.29, 0.717) is 18.4 Å². The molecule has 4 nitrogen and oxygen atoms in total. The lowest BCUT2D eigenvalue weighted by molar-refractivity contribution is -0.0457. The Morgan fingerprint density at radius 1 is 1.28 bits per heavy atom. The van der Waals surface area contributed by atoms with E-state index in [1.165, 1.54) is 0 Å². The first-order valence-corrected chi connectivity index (χ1v) is 10.6. The largest absolute Gasteiger partial charge is 0.347 e. The number of pyridine rings is 1. The van der Waals surface area contributed by atoms with Gasteiger partial charge < -0.3 is 9.72 Å². The van der Waals surface area contributed by atoms with Crippen LogP contribution in [0.1, 0.15) is 93.7 Å². The minimum Gasteiger partial charge on any atom is -0.347 e. The number of carbonyl (C=O) groups excluding carboxylic acids is 1. The number of nitrogens with zero attached hydrogens (tertiary/aromatic N) is 2. The first-order valence-electron chi connectivity index (χ1n) is 10.6. The van der Waals surface area contributed by atoms with Gasteiger partial charge in [0.1, 0.15) is 5.65 Å². The maximum atomic E-state index is 13.6. The van der Waals surface area contributed by atoms with E-state index in [-0.39, 0.29) is 36.1 Å². The minimum absolute atomic E-state index is 0.0263. The van der Waals surface area contributed by atoms with Crippen LogP contribution in [0.3, 0.4) is 0 Å². The number of aryl methyl sites for hydroxylation is 1. The smallest absolute Gasteiger partial charge is 0.251 e. The van der Waals surface area contributed by atoms with Crippen LogP contribution in [-0.2, 0) is 6.42 Å². The number of hydrogen-bond donors (Lipinski definition) is 1. The molecule has 0 aromatic carbocycles. The number of rotatable bonds is 4. The molecule has 160 valence electrons. The highest BCUT2D eigenvalue weighted by Gasteiger charge is 2.35. The zero-order valence-electron chi connectivity index (χ0n) is 18.4. The van der Waals surface area contributed by atoms with Gasteiger partial charge in [-0.05, 0) is 70.9 Å². The topological polar surface area (TPSA) is 46.4 Å². The molecule has 1 amide bonds. The van der Waals surface area contributed by atoms with Crippen LogP contribution in [0.2, 0.25) is 0 Å². The number of imidazole rings is 1. The van der Waals surface area contributed by atoms with Crippen LogP contribution < -0.4 is 5.32 Å². The summed E-state index contributed by atoms with van der Waals surface area (Å²) in [4.78, 5) is 17.5. The van der Waals surface area contributed by atoms with Gasteiger partial charge in [-0.15, -0.1) is 0 Å². The molecule has 0 atom stereocenters. The SMILES string of the molecule is Cc1cc(C(=O)NC(C)(C)C)cc2nc(C(C)C)c(CC3CCC(F)(F)CC3)n12. The van der Waals surface area contributed by atoms with Crippen molar-refractivity contribution in [3.63, 3.8) is 0 Å². The summed E-state index contributed by atoms with van der Waals surface area (Å²) in [6.07, 6.45) is 1.79. The molecule has 2 aromatic heterocycles. The number of carbonyl (C=O) groups is 1. The van der Waals surface area contributed by atoms with Crippen LogP contribution in [0, 0.1) is 12.8 Å². The van der Waals surface area contributed by atoms with Gasteiger partial charge in [0, 0.05) is 35.3 Å². The second-order valence-corrected chi connectivity index (χ2v) is 9.89. The predicted octanol–water partition coefficient (Wildman–Crippen LogP) is 5.66. The van der Waals surface area contributed by atoms with E-state index < -0.39 is 5.92 Å². The van der Waals surface area contributed by atoms with Crippen molar-refractivity contribution >= 4 is 11.6 Å². The van der Waals surface area contributed by atoms with E-state index >= 15 is 0 Å². The highest BCUT2D eigenvalue weighted by molar-refractivity contribution is 5.95. The average molecular weight is 406 g/mol. The molecule has 0 saturated heterocycles. The van der Waals surface area contributed by atoms with Gasteiger partial charge in [-0.3, -0.25) is 4.79 Å². The van der Waals surface area contributed by atoms with Crippen molar-refractivity contribution in [1.29, 1.82) is 0 Å². The molecule has 1 N–H and O–H groups in total. The number of hydrogen-bond acceptors (Lipinski definition) is 2. The summed E-state index contributed by atoms with van der Waals surface area (Å²) < 4.78 is 29.2. The molecule has 2 heterocycles. The molecule has 6 heteroatoms. The van der Waals surface area contributed by atoms with Gasteiger partial charge in [0.25, 0.3) is 5.91 Å². The molecule has 2 aromatic rings.